The molecule has 18 heavy (non-hydrogen) atoms. The molecule has 0 radical (unpaired) electrons. The Labute approximate surface area is 113 Å². The lowest BCUT2D eigenvalue weighted by atomic mass is 10.5. The van der Waals surface area contributed by atoms with Gasteiger partial charge >= 0.3 is 5.97 Å². The van der Waals surface area contributed by atoms with E-state index in [9.17, 15) is 13.2 Å². The number of nitrogens with one attached hydrogen (secondary N) is 1. The van der Waals surface area contributed by atoms with E-state index in [1.807, 2.05) is 0 Å². The second-order valence-corrected chi connectivity index (χ2v) is 6.10. The number of carboxylic acid groups (broad SMARTS) is 1. The number of hydrogen-bond acceptors (Lipinski definition) is 7. The molecular formula is C7H4BrN3O5S2. The molecule has 0 amide bonds. The topological polar surface area (TPSA) is 122 Å². The average Bonchev–Trinajstić information content (AvgIpc) is 2.86. The molecule has 2 aromatic rings. The standard InChI is InChI=1S/C7H4BrN3O5S2/c8-6-4(1-3(16-6)7(12)13)18(14,15)10-5-2-9-11-17-5/h1-2,10H,(H,12,13). The molecule has 0 fully saturated rings. The second kappa shape index (κ2) is 4.66. The summed E-state index contributed by atoms with van der Waals surface area (Å²) in [6.07, 6.45) is 1.23. The van der Waals surface area contributed by atoms with Crippen molar-refractivity contribution in [3.63, 3.8) is 0 Å². The van der Waals surface area contributed by atoms with E-state index in [4.69, 9.17) is 9.52 Å². The minimum Gasteiger partial charge on any atom is -0.475 e. The number of rotatable bonds is 4. The summed E-state index contributed by atoms with van der Waals surface area (Å²) in [7, 11) is -3.95. The van der Waals surface area contributed by atoms with Crippen molar-refractivity contribution < 1.29 is 22.7 Å². The number of furan rings is 1. The van der Waals surface area contributed by atoms with Crippen LogP contribution in [0.3, 0.4) is 0 Å². The Balaban J connectivity index is 2.38. The van der Waals surface area contributed by atoms with Crippen LogP contribution in [0.4, 0.5) is 5.00 Å². The van der Waals surface area contributed by atoms with Crippen LogP contribution in [0.25, 0.3) is 0 Å². The summed E-state index contributed by atoms with van der Waals surface area (Å²) in [5.74, 6) is -1.85. The molecule has 8 nitrogen and oxygen atoms in total. The van der Waals surface area contributed by atoms with Crippen molar-refractivity contribution in [1.29, 1.82) is 0 Å². The van der Waals surface area contributed by atoms with Crippen molar-refractivity contribution in [1.82, 2.24) is 9.59 Å². The van der Waals surface area contributed by atoms with E-state index >= 15 is 0 Å². The first kappa shape index (κ1) is 13.0. The summed E-state index contributed by atoms with van der Waals surface area (Å²) in [6.45, 7) is 0. The lowest BCUT2D eigenvalue weighted by Crippen LogP contribution is -2.11. The lowest BCUT2D eigenvalue weighted by molar-refractivity contribution is 0.0661. The summed E-state index contributed by atoms with van der Waals surface area (Å²) in [5, 5.41) is 12.4. The van der Waals surface area contributed by atoms with Gasteiger partial charge in [0.05, 0.1) is 6.20 Å². The fourth-order valence-electron chi connectivity index (χ4n) is 1.04. The normalized spacial score (nSPS) is 11.4. The van der Waals surface area contributed by atoms with Gasteiger partial charge in [-0.2, -0.15) is 0 Å². The number of carbonyl (C=O) groups is 1. The lowest BCUT2D eigenvalue weighted by Gasteiger charge is -2.01. The molecule has 0 saturated heterocycles. The zero-order valence-corrected chi connectivity index (χ0v) is 11.5. The van der Waals surface area contributed by atoms with Crippen LogP contribution < -0.4 is 4.72 Å². The van der Waals surface area contributed by atoms with Gasteiger partial charge in [0, 0.05) is 17.6 Å². The maximum absolute atomic E-state index is 11.9. The number of anilines is 1. The van der Waals surface area contributed by atoms with E-state index in [0.29, 0.717) is 0 Å². The number of sulfonamides is 1. The van der Waals surface area contributed by atoms with Gasteiger partial charge in [-0.1, -0.05) is 4.49 Å². The minimum atomic E-state index is -3.95. The smallest absolute Gasteiger partial charge is 0.371 e. The Bertz CT molecular complexity index is 678. The van der Waals surface area contributed by atoms with Gasteiger partial charge in [-0.25, -0.2) is 13.2 Å². The first-order chi connectivity index (χ1) is 8.40. The third-order valence-electron chi connectivity index (χ3n) is 1.75. The van der Waals surface area contributed by atoms with Crippen LogP contribution in [0.5, 0.6) is 0 Å². The van der Waals surface area contributed by atoms with Gasteiger partial charge < -0.3 is 9.52 Å². The molecule has 0 unspecified atom stereocenters. The van der Waals surface area contributed by atoms with Crippen LogP contribution in [0.1, 0.15) is 10.6 Å². The predicted molar refractivity (Wildman–Crippen MR) is 64.1 cm³/mol. The summed E-state index contributed by atoms with van der Waals surface area (Å²) in [4.78, 5) is 10.4. The molecule has 0 aromatic carbocycles. The van der Waals surface area contributed by atoms with E-state index in [2.05, 4.69) is 30.2 Å². The summed E-state index contributed by atoms with van der Waals surface area (Å²) < 4.78 is 34.1. The molecule has 0 bridgehead atoms. The van der Waals surface area contributed by atoms with Crippen LogP contribution in [0.15, 0.2) is 26.2 Å². The molecule has 2 heterocycles. The third kappa shape index (κ3) is 2.52. The SMILES string of the molecule is O=C(O)c1cc(S(=O)(=O)Nc2cnns2)c(Br)o1. The molecule has 0 aliphatic rings. The van der Waals surface area contributed by atoms with Crippen molar-refractivity contribution >= 4 is 48.5 Å². The average molecular weight is 354 g/mol. The summed E-state index contributed by atoms with van der Waals surface area (Å²) >= 11 is 3.70. The van der Waals surface area contributed by atoms with Crippen molar-refractivity contribution in [3.05, 3.63) is 22.7 Å². The quantitative estimate of drug-likeness (QED) is 0.851. The number of aromatic carboxylic acids is 1. The molecule has 0 atom stereocenters. The molecule has 96 valence electrons. The Morgan fingerprint density at radius 2 is 2.28 bits per heavy atom. The van der Waals surface area contributed by atoms with Crippen molar-refractivity contribution in [2.45, 2.75) is 4.90 Å². The minimum absolute atomic E-state index is 0.190. The molecule has 0 saturated carbocycles. The monoisotopic (exact) mass is 353 g/mol. The van der Waals surface area contributed by atoms with Crippen LogP contribution in [0.2, 0.25) is 0 Å². The maximum Gasteiger partial charge on any atom is 0.371 e. The van der Waals surface area contributed by atoms with E-state index in [1.165, 1.54) is 6.20 Å². The van der Waals surface area contributed by atoms with Gasteiger partial charge in [-0.15, -0.1) is 5.10 Å². The highest BCUT2D eigenvalue weighted by Gasteiger charge is 2.25. The predicted octanol–water partition coefficient (Wildman–Crippen LogP) is 1.39. The molecule has 2 N–H and O–H groups in total. The van der Waals surface area contributed by atoms with E-state index in [0.717, 1.165) is 17.6 Å². The fraction of sp³-hybridized carbons (Fsp3) is 0. The van der Waals surface area contributed by atoms with Crippen molar-refractivity contribution in [3.8, 4) is 0 Å². The maximum atomic E-state index is 11.9. The van der Waals surface area contributed by atoms with Crippen LogP contribution in [-0.4, -0.2) is 29.1 Å². The van der Waals surface area contributed by atoms with Crippen LogP contribution in [0, 0.1) is 0 Å². The fourth-order valence-corrected chi connectivity index (χ4v) is 3.67. The van der Waals surface area contributed by atoms with Gasteiger partial charge in [0.15, 0.2) is 4.67 Å². The Hall–Kier alpha value is -1.46. The highest BCUT2D eigenvalue weighted by Crippen LogP contribution is 2.28. The summed E-state index contributed by atoms with van der Waals surface area (Å²) in [6, 6.07) is 0.906. The van der Waals surface area contributed by atoms with Gasteiger partial charge in [-0.05, 0) is 15.9 Å². The van der Waals surface area contributed by atoms with Crippen molar-refractivity contribution in [2.24, 2.45) is 0 Å². The van der Waals surface area contributed by atoms with Gasteiger partial charge in [0.1, 0.15) is 9.90 Å². The zero-order chi connectivity index (χ0) is 13.3. The second-order valence-electron chi connectivity index (χ2n) is 2.94. The summed E-state index contributed by atoms with van der Waals surface area (Å²) in [5.41, 5.74) is 0. The van der Waals surface area contributed by atoms with Gasteiger partial charge in [0.25, 0.3) is 10.0 Å². The Kier molecular flexibility index (Phi) is 3.36. The Morgan fingerprint density at radius 3 is 2.78 bits per heavy atom. The highest BCUT2D eigenvalue weighted by atomic mass is 79.9. The molecular weight excluding hydrogens is 350 g/mol. The number of carboxylic acids is 1. The molecule has 0 spiro atoms. The Morgan fingerprint density at radius 1 is 1.56 bits per heavy atom. The van der Waals surface area contributed by atoms with Crippen LogP contribution in [-0.2, 0) is 10.0 Å². The number of aromatic nitrogens is 2. The molecule has 2 aromatic heterocycles. The molecule has 0 aliphatic heterocycles. The largest absolute Gasteiger partial charge is 0.475 e. The van der Waals surface area contributed by atoms with E-state index in [1.54, 1.807) is 0 Å². The van der Waals surface area contributed by atoms with Gasteiger partial charge in [0.2, 0.25) is 5.76 Å². The molecule has 11 heteroatoms. The number of hydrogen-bond donors (Lipinski definition) is 2. The van der Waals surface area contributed by atoms with E-state index < -0.39 is 21.8 Å². The zero-order valence-electron chi connectivity index (χ0n) is 8.32. The van der Waals surface area contributed by atoms with E-state index in [-0.39, 0.29) is 14.6 Å². The molecule has 0 aliphatic carbocycles. The first-order valence-electron chi connectivity index (χ1n) is 4.23. The third-order valence-corrected chi connectivity index (χ3v) is 4.68. The number of halogens is 1. The van der Waals surface area contributed by atoms with Crippen molar-refractivity contribution in [2.75, 3.05) is 4.72 Å². The number of nitrogens with zero attached hydrogens (tertiary/aromatic N) is 2. The van der Waals surface area contributed by atoms with Crippen LogP contribution >= 0.6 is 27.5 Å². The first-order valence-corrected chi connectivity index (χ1v) is 7.28. The van der Waals surface area contributed by atoms with Gasteiger partial charge in [-0.3, -0.25) is 4.72 Å². The highest BCUT2D eigenvalue weighted by molar-refractivity contribution is 9.10. The molecule has 2 rings (SSSR count).